The molecule has 0 unspecified atom stereocenters. The smallest absolute Gasteiger partial charge is 0.246 e. The van der Waals surface area contributed by atoms with E-state index in [0.717, 1.165) is 19.3 Å². The Morgan fingerprint density at radius 3 is 2.65 bits per heavy atom. The fourth-order valence-electron chi connectivity index (χ4n) is 5.85. The number of nitrogens with zero attached hydrogens (tertiary/aromatic N) is 1. The summed E-state index contributed by atoms with van der Waals surface area (Å²) in [5, 5.41) is 6.20. The van der Waals surface area contributed by atoms with Crippen molar-refractivity contribution in [3.8, 4) is 0 Å². The maximum atomic E-state index is 13.5. The van der Waals surface area contributed by atoms with Crippen LogP contribution in [0.25, 0.3) is 0 Å². The lowest BCUT2D eigenvalue weighted by Crippen LogP contribution is -2.58. The quantitative estimate of drug-likeness (QED) is 0.654. The lowest BCUT2D eigenvalue weighted by molar-refractivity contribution is -0.142. The van der Waals surface area contributed by atoms with Gasteiger partial charge < -0.3 is 20.3 Å². The zero-order valence-electron chi connectivity index (χ0n) is 19.0. The summed E-state index contributed by atoms with van der Waals surface area (Å²) in [7, 11) is 0. The van der Waals surface area contributed by atoms with Crippen LogP contribution in [-0.4, -0.2) is 58.5 Å². The van der Waals surface area contributed by atoms with Crippen LogP contribution in [0.1, 0.15) is 53.4 Å². The molecule has 7 nitrogen and oxygen atoms in total. The lowest BCUT2D eigenvalue weighted by Gasteiger charge is -2.34. The maximum absolute atomic E-state index is 13.5. The van der Waals surface area contributed by atoms with Gasteiger partial charge in [-0.15, -0.1) is 6.58 Å². The molecular formula is C24H35N3O4. The third kappa shape index (κ3) is 3.60. The van der Waals surface area contributed by atoms with Gasteiger partial charge in [-0.3, -0.25) is 14.4 Å². The van der Waals surface area contributed by atoms with Gasteiger partial charge in [-0.2, -0.15) is 0 Å². The standard InChI is InChI=1S/C24H35N3O4/c1-6-13-27-19(21(29)26-23(3,4)5)24-12-11-16(31-24)17(18(24)22(27)30)20(28)25-15-10-8-7-9-14(15)2/h6,11-12,14-19H,1,7-10,13H2,2-5H3,(H,25,28)(H,26,29)/t14-,15+,16+,17+,18-,19-,24-/m0/s1. The zero-order chi connectivity index (χ0) is 22.6. The number of hydrogen-bond acceptors (Lipinski definition) is 4. The van der Waals surface area contributed by atoms with E-state index in [0.29, 0.717) is 5.92 Å². The first-order valence-electron chi connectivity index (χ1n) is 11.5. The third-order valence-electron chi connectivity index (χ3n) is 7.19. The molecule has 31 heavy (non-hydrogen) atoms. The van der Waals surface area contributed by atoms with Gasteiger partial charge in [0.15, 0.2) is 0 Å². The molecule has 0 aromatic rings. The molecule has 0 aromatic carbocycles. The summed E-state index contributed by atoms with van der Waals surface area (Å²) < 4.78 is 6.30. The van der Waals surface area contributed by atoms with Crippen molar-refractivity contribution in [2.45, 2.75) is 82.7 Å². The SMILES string of the molecule is C=CCN1C(=O)[C@@H]2[C@H](C(=O)N[C@@H]3CCCC[C@@H]3C)[C@H]3C=C[C@@]2(O3)[C@@H]1C(=O)NC(C)(C)C. The number of rotatable bonds is 5. The van der Waals surface area contributed by atoms with E-state index >= 15 is 0 Å². The first kappa shape index (κ1) is 22.1. The first-order chi connectivity index (χ1) is 14.6. The highest BCUT2D eigenvalue weighted by Gasteiger charge is 2.72. The van der Waals surface area contributed by atoms with E-state index in [1.165, 1.54) is 11.3 Å². The molecule has 170 valence electrons. The molecule has 3 fully saturated rings. The summed E-state index contributed by atoms with van der Waals surface area (Å²) in [6, 6.07) is -0.698. The Labute approximate surface area is 184 Å². The van der Waals surface area contributed by atoms with Crippen molar-refractivity contribution in [2.75, 3.05) is 6.54 Å². The second kappa shape index (κ2) is 7.76. The van der Waals surface area contributed by atoms with Gasteiger partial charge in [0.25, 0.3) is 0 Å². The summed E-state index contributed by atoms with van der Waals surface area (Å²) in [5.41, 5.74) is -1.57. The van der Waals surface area contributed by atoms with E-state index in [-0.39, 0.29) is 30.3 Å². The number of amides is 3. The van der Waals surface area contributed by atoms with Crippen LogP contribution in [-0.2, 0) is 19.1 Å². The average Bonchev–Trinajstić information content (AvgIpc) is 3.30. The number of carbonyl (C=O) groups excluding carboxylic acids is 3. The summed E-state index contributed by atoms with van der Waals surface area (Å²) in [5.74, 6) is -1.51. The molecule has 1 spiro atoms. The van der Waals surface area contributed by atoms with Crippen LogP contribution in [0.5, 0.6) is 0 Å². The predicted octanol–water partition coefficient (Wildman–Crippen LogP) is 1.93. The Hall–Kier alpha value is -2.15. The number of hydrogen-bond donors (Lipinski definition) is 2. The highest BCUT2D eigenvalue weighted by Crippen LogP contribution is 2.55. The van der Waals surface area contributed by atoms with E-state index < -0.39 is 35.1 Å². The summed E-state index contributed by atoms with van der Waals surface area (Å²) in [4.78, 5) is 41.7. The summed E-state index contributed by atoms with van der Waals surface area (Å²) in [6.45, 7) is 11.9. The first-order valence-corrected chi connectivity index (χ1v) is 11.5. The number of fused-ring (bicyclic) bond motifs is 1. The number of likely N-dealkylation sites (tertiary alicyclic amines) is 1. The zero-order valence-corrected chi connectivity index (χ0v) is 19.0. The molecule has 3 heterocycles. The minimum Gasteiger partial charge on any atom is -0.359 e. The second-order valence-corrected chi connectivity index (χ2v) is 10.6. The van der Waals surface area contributed by atoms with Crippen molar-refractivity contribution >= 4 is 17.7 Å². The van der Waals surface area contributed by atoms with Gasteiger partial charge >= 0.3 is 0 Å². The van der Waals surface area contributed by atoms with Gasteiger partial charge in [0.05, 0.1) is 17.9 Å². The van der Waals surface area contributed by atoms with Crippen LogP contribution in [0, 0.1) is 17.8 Å². The molecule has 4 rings (SSSR count). The van der Waals surface area contributed by atoms with E-state index in [1.807, 2.05) is 32.9 Å². The molecule has 7 heteroatoms. The molecule has 2 saturated heterocycles. The summed E-state index contributed by atoms with van der Waals surface area (Å²) >= 11 is 0. The van der Waals surface area contributed by atoms with Crippen molar-refractivity contribution in [1.82, 2.24) is 15.5 Å². The average molecular weight is 430 g/mol. The molecule has 4 aliphatic rings. The highest BCUT2D eigenvalue weighted by atomic mass is 16.5. The van der Waals surface area contributed by atoms with Crippen molar-refractivity contribution in [2.24, 2.45) is 17.8 Å². The second-order valence-electron chi connectivity index (χ2n) is 10.6. The van der Waals surface area contributed by atoms with Crippen molar-refractivity contribution in [1.29, 1.82) is 0 Å². The van der Waals surface area contributed by atoms with Gasteiger partial charge in [0, 0.05) is 18.1 Å². The van der Waals surface area contributed by atoms with E-state index in [4.69, 9.17) is 4.74 Å². The van der Waals surface area contributed by atoms with Gasteiger partial charge in [-0.05, 0) is 39.5 Å². The number of ether oxygens (including phenoxy) is 1. The van der Waals surface area contributed by atoms with E-state index in [1.54, 1.807) is 6.08 Å². The van der Waals surface area contributed by atoms with E-state index in [9.17, 15) is 14.4 Å². The molecule has 3 amide bonds. The Balaban J connectivity index is 1.63. The molecule has 1 aliphatic carbocycles. The maximum Gasteiger partial charge on any atom is 0.246 e. The lowest BCUT2D eigenvalue weighted by atomic mass is 9.73. The minimum absolute atomic E-state index is 0.126. The van der Waals surface area contributed by atoms with Crippen LogP contribution in [0.15, 0.2) is 24.8 Å². The van der Waals surface area contributed by atoms with Gasteiger partial charge in [0.2, 0.25) is 17.7 Å². The molecule has 0 radical (unpaired) electrons. The third-order valence-corrected chi connectivity index (χ3v) is 7.19. The molecule has 1 saturated carbocycles. The van der Waals surface area contributed by atoms with Gasteiger partial charge in [-0.25, -0.2) is 0 Å². The largest absolute Gasteiger partial charge is 0.359 e. The van der Waals surface area contributed by atoms with Crippen LogP contribution in [0.4, 0.5) is 0 Å². The molecular weight excluding hydrogens is 394 g/mol. The van der Waals surface area contributed by atoms with Crippen LogP contribution in [0.3, 0.4) is 0 Å². The fourth-order valence-corrected chi connectivity index (χ4v) is 5.85. The number of carbonyl (C=O) groups is 3. The Morgan fingerprint density at radius 2 is 2.00 bits per heavy atom. The minimum atomic E-state index is -1.11. The predicted molar refractivity (Wildman–Crippen MR) is 117 cm³/mol. The Bertz CT molecular complexity index is 816. The Kier molecular flexibility index (Phi) is 5.53. The van der Waals surface area contributed by atoms with Crippen molar-refractivity contribution in [3.05, 3.63) is 24.8 Å². The van der Waals surface area contributed by atoms with Crippen LogP contribution in [0.2, 0.25) is 0 Å². The molecule has 7 atom stereocenters. The van der Waals surface area contributed by atoms with Gasteiger partial charge in [-0.1, -0.05) is 38.0 Å². The van der Waals surface area contributed by atoms with E-state index in [2.05, 4.69) is 24.1 Å². The monoisotopic (exact) mass is 429 g/mol. The summed E-state index contributed by atoms with van der Waals surface area (Å²) in [6.07, 6.45) is 9.18. The highest BCUT2D eigenvalue weighted by molar-refractivity contribution is 6.00. The molecule has 3 aliphatic heterocycles. The topological polar surface area (TPSA) is 87.7 Å². The Morgan fingerprint density at radius 1 is 1.29 bits per heavy atom. The van der Waals surface area contributed by atoms with Crippen LogP contribution >= 0.6 is 0 Å². The van der Waals surface area contributed by atoms with Crippen molar-refractivity contribution < 1.29 is 19.1 Å². The van der Waals surface area contributed by atoms with Crippen molar-refractivity contribution in [3.63, 3.8) is 0 Å². The molecule has 0 aromatic heterocycles. The van der Waals surface area contributed by atoms with Gasteiger partial charge in [0.1, 0.15) is 11.6 Å². The fraction of sp³-hybridized carbons (Fsp3) is 0.708. The van der Waals surface area contributed by atoms with Crippen LogP contribution < -0.4 is 10.6 Å². The normalized spacial score (nSPS) is 38.8. The molecule has 2 N–H and O–H groups in total. The molecule has 2 bridgehead atoms. The number of nitrogens with one attached hydrogen (secondary N) is 2.